The lowest BCUT2D eigenvalue weighted by Gasteiger charge is -2.16. The van der Waals surface area contributed by atoms with E-state index in [-0.39, 0.29) is 11.8 Å². The number of halogens is 2. The van der Waals surface area contributed by atoms with Gasteiger partial charge in [0, 0.05) is 5.56 Å². The molecule has 1 unspecified atom stereocenters. The molecule has 1 atom stereocenters. The summed E-state index contributed by atoms with van der Waals surface area (Å²) >= 11 is 3.27. The summed E-state index contributed by atoms with van der Waals surface area (Å²) < 4.78 is 24.2. The van der Waals surface area contributed by atoms with Crippen LogP contribution in [0.3, 0.4) is 0 Å². The van der Waals surface area contributed by atoms with Gasteiger partial charge in [0.2, 0.25) is 0 Å². The fourth-order valence-corrected chi connectivity index (χ4v) is 2.21. The molecule has 0 radical (unpaired) electrons. The van der Waals surface area contributed by atoms with E-state index in [2.05, 4.69) is 21.4 Å². The number of ether oxygens (including phenoxy) is 1. The topological polar surface area (TPSA) is 60.4 Å². The highest BCUT2D eigenvalue weighted by Gasteiger charge is 2.18. The Labute approximate surface area is 112 Å². The number of nitrogens with one attached hydrogen (secondary N) is 1. The Bertz CT molecular complexity index is 545. The molecule has 6 heteroatoms. The maximum Gasteiger partial charge on any atom is 0.174 e. The van der Waals surface area contributed by atoms with Gasteiger partial charge in [0.1, 0.15) is 0 Å². The summed E-state index contributed by atoms with van der Waals surface area (Å²) in [7, 11) is 1.42. The van der Waals surface area contributed by atoms with Crippen LogP contribution in [-0.4, -0.2) is 7.11 Å². The van der Waals surface area contributed by atoms with E-state index >= 15 is 0 Å². The zero-order chi connectivity index (χ0) is 13.1. The van der Waals surface area contributed by atoms with Crippen LogP contribution < -0.4 is 16.0 Å². The third-order valence-electron chi connectivity index (χ3n) is 2.63. The highest BCUT2D eigenvalue weighted by Crippen LogP contribution is 2.30. The van der Waals surface area contributed by atoms with Gasteiger partial charge in [-0.15, -0.1) is 0 Å². The van der Waals surface area contributed by atoms with Gasteiger partial charge in [0.15, 0.2) is 16.2 Å². The van der Waals surface area contributed by atoms with Crippen LogP contribution in [0.15, 0.2) is 39.6 Å². The Kier molecular flexibility index (Phi) is 4.00. The lowest BCUT2D eigenvalue weighted by atomic mass is 10.0. The normalized spacial score (nSPS) is 12.4. The number of hydrogen-bond donors (Lipinski definition) is 2. The smallest absolute Gasteiger partial charge is 0.174 e. The quantitative estimate of drug-likeness (QED) is 0.673. The van der Waals surface area contributed by atoms with E-state index in [1.54, 1.807) is 18.2 Å². The third kappa shape index (κ3) is 2.40. The second-order valence-electron chi connectivity index (χ2n) is 3.64. The first-order chi connectivity index (χ1) is 8.67. The van der Waals surface area contributed by atoms with Gasteiger partial charge >= 0.3 is 0 Å². The fraction of sp³-hybridized carbons (Fsp3) is 0.167. The van der Waals surface area contributed by atoms with Crippen LogP contribution >= 0.6 is 15.9 Å². The Morgan fingerprint density at radius 2 is 2.22 bits per heavy atom. The average molecular weight is 315 g/mol. The van der Waals surface area contributed by atoms with Crippen LogP contribution in [0.4, 0.5) is 4.39 Å². The van der Waals surface area contributed by atoms with E-state index in [1.807, 2.05) is 0 Å². The molecule has 1 heterocycles. The van der Waals surface area contributed by atoms with Gasteiger partial charge in [-0.25, -0.2) is 9.82 Å². The molecule has 0 aliphatic heterocycles. The molecule has 0 aliphatic rings. The summed E-state index contributed by atoms with van der Waals surface area (Å²) in [6.45, 7) is 0. The summed E-state index contributed by atoms with van der Waals surface area (Å²) in [5.41, 5.74) is 4.10. The van der Waals surface area contributed by atoms with Crippen molar-refractivity contribution in [3.05, 3.63) is 52.1 Å². The average Bonchev–Trinajstić information content (AvgIpc) is 2.77. The first-order valence-electron chi connectivity index (χ1n) is 5.19. The van der Waals surface area contributed by atoms with Crippen molar-refractivity contribution in [2.75, 3.05) is 7.11 Å². The lowest BCUT2D eigenvalue weighted by molar-refractivity contribution is 0.385. The van der Waals surface area contributed by atoms with Crippen LogP contribution in [0.25, 0.3) is 0 Å². The number of benzene rings is 1. The second-order valence-corrected chi connectivity index (χ2v) is 4.36. The second kappa shape index (κ2) is 5.51. The molecule has 3 N–H and O–H groups in total. The SMILES string of the molecule is COc1ccc(C(NN)c2ccoc2Br)cc1F. The van der Waals surface area contributed by atoms with Gasteiger partial charge < -0.3 is 9.15 Å². The molecule has 0 aliphatic carbocycles. The largest absolute Gasteiger partial charge is 0.494 e. The minimum atomic E-state index is -0.435. The summed E-state index contributed by atoms with van der Waals surface area (Å²) in [5, 5.41) is 0. The fourth-order valence-electron chi connectivity index (χ4n) is 1.74. The lowest BCUT2D eigenvalue weighted by Crippen LogP contribution is -2.28. The van der Waals surface area contributed by atoms with Crippen molar-refractivity contribution >= 4 is 15.9 Å². The van der Waals surface area contributed by atoms with Crippen LogP contribution in [-0.2, 0) is 0 Å². The van der Waals surface area contributed by atoms with Crippen molar-refractivity contribution in [2.24, 2.45) is 5.84 Å². The number of methoxy groups -OCH3 is 1. The van der Waals surface area contributed by atoms with E-state index in [1.165, 1.54) is 19.4 Å². The maximum atomic E-state index is 13.7. The molecule has 4 nitrogen and oxygen atoms in total. The summed E-state index contributed by atoms with van der Waals surface area (Å²) in [5.74, 6) is 5.28. The monoisotopic (exact) mass is 314 g/mol. The van der Waals surface area contributed by atoms with Crippen LogP contribution in [0.2, 0.25) is 0 Å². The highest BCUT2D eigenvalue weighted by molar-refractivity contribution is 9.10. The minimum Gasteiger partial charge on any atom is -0.494 e. The van der Waals surface area contributed by atoms with E-state index in [4.69, 9.17) is 15.0 Å². The molecule has 0 spiro atoms. The first kappa shape index (κ1) is 13.1. The van der Waals surface area contributed by atoms with Crippen molar-refractivity contribution in [2.45, 2.75) is 6.04 Å². The van der Waals surface area contributed by atoms with E-state index in [0.29, 0.717) is 10.2 Å². The molecule has 0 saturated carbocycles. The van der Waals surface area contributed by atoms with Gasteiger partial charge in [-0.05, 0) is 39.7 Å². The molecule has 0 fully saturated rings. The van der Waals surface area contributed by atoms with Crippen molar-refractivity contribution in [1.29, 1.82) is 0 Å². The molecule has 2 aromatic rings. The zero-order valence-electron chi connectivity index (χ0n) is 9.61. The third-order valence-corrected chi connectivity index (χ3v) is 3.28. The van der Waals surface area contributed by atoms with Gasteiger partial charge in [0.25, 0.3) is 0 Å². The number of nitrogens with two attached hydrogens (primary N) is 1. The van der Waals surface area contributed by atoms with E-state index in [9.17, 15) is 4.39 Å². The van der Waals surface area contributed by atoms with Crippen molar-refractivity contribution in [3.63, 3.8) is 0 Å². The predicted octanol–water partition coefficient (Wildman–Crippen LogP) is 2.74. The van der Waals surface area contributed by atoms with Gasteiger partial charge in [-0.2, -0.15) is 0 Å². The van der Waals surface area contributed by atoms with Gasteiger partial charge in [0.05, 0.1) is 19.4 Å². The zero-order valence-corrected chi connectivity index (χ0v) is 11.2. The number of hydrazine groups is 1. The Morgan fingerprint density at radius 1 is 1.44 bits per heavy atom. The van der Waals surface area contributed by atoms with Gasteiger partial charge in [-0.1, -0.05) is 6.07 Å². The maximum absolute atomic E-state index is 13.7. The molecule has 1 aromatic heterocycles. The summed E-state index contributed by atoms with van der Waals surface area (Å²) in [4.78, 5) is 0. The molecule has 0 amide bonds. The number of hydrogen-bond acceptors (Lipinski definition) is 4. The van der Waals surface area contributed by atoms with Crippen LogP contribution in [0, 0.1) is 5.82 Å². The number of rotatable bonds is 4. The highest BCUT2D eigenvalue weighted by atomic mass is 79.9. The predicted molar refractivity (Wildman–Crippen MR) is 68.5 cm³/mol. The molecule has 96 valence electrons. The number of furan rings is 1. The Morgan fingerprint density at radius 3 is 2.72 bits per heavy atom. The van der Waals surface area contributed by atoms with Gasteiger partial charge in [-0.3, -0.25) is 5.84 Å². The molecule has 0 saturated heterocycles. The van der Waals surface area contributed by atoms with Crippen molar-refractivity contribution in [1.82, 2.24) is 5.43 Å². The van der Waals surface area contributed by atoms with Crippen LogP contribution in [0.5, 0.6) is 5.75 Å². The Balaban J connectivity index is 2.40. The molecule has 1 aromatic carbocycles. The standard InChI is InChI=1S/C12H12BrFN2O2/c1-17-10-3-2-7(6-9(10)14)11(16-15)8-4-5-18-12(8)13/h2-6,11,16H,15H2,1H3. The molecule has 18 heavy (non-hydrogen) atoms. The molecular weight excluding hydrogens is 303 g/mol. The summed E-state index contributed by atoms with van der Waals surface area (Å²) in [6, 6.07) is 6.08. The van der Waals surface area contributed by atoms with E-state index < -0.39 is 5.82 Å². The van der Waals surface area contributed by atoms with Crippen molar-refractivity contribution in [3.8, 4) is 5.75 Å². The molecule has 0 bridgehead atoms. The van der Waals surface area contributed by atoms with Crippen molar-refractivity contribution < 1.29 is 13.5 Å². The minimum absolute atomic E-state index is 0.195. The summed E-state index contributed by atoms with van der Waals surface area (Å²) in [6.07, 6.45) is 1.53. The van der Waals surface area contributed by atoms with E-state index in [0.717, 1.165) is 5.56 Å². The Hall–Kier alpha value is -1.37. The van der Waals surface area contributed by atoms with Crippen LogP contribution in [0.1, 0.15) is 17.2 Å². The molecular formula is C12H12BrFN2O2. The first-order valence-corrected chi connectivity index (χ1v) is 5.99. The molecule has 2 rings (SSSR count).